The van der Waals surface area contributed by atoms with Gasteiger partial charge in [-0.05, 0) is 29.8 Å². The van der Waals surface area contributed by atoms with Gasteiger partial charge >= 0.3 is 0 Å². The van der Waals surface area contributed by atoms with Crippen LogP contribution < -0.4 is 4.74 Å². The summed E-state index contributed by atoms with van der Waals surface area (Å²) in [6, 6.07) is 10.9. The minimum absolute atomic E-state index is 0.175. The third kappa shape index (κ3) is 4.61. The first kappa shape index (κ1) is 16.6. The Morgan fingerprint density at radius 1 is 1.23 bits per heavy atom. The SMILES string of the molecule is CN(Cc1cccc(F)c1)C(=O)COc1cc(Cl)ccc1Cl. The lowest BCUT2D eigenvalue weighted by Crippen LogP contribution is -2.31. The summed E-state index contributed by atoms with van der Waals surface area (Å²) in [6.45, 7) is 0.120. The van der Waals surface area contributed by atoms with Gasteiger partial charge in [-0.2, -0.15) is 0 Å². The molecule has 6 heteroatoms. The van der Waals surface area contributed by atoms with E-state index in [2.05, 4.69) is 0 Å². The number of nitrogens with zero attached hydrogens (tertiary/aromatic N) is 1. The number of amides is 1. The van der Waals surface area contributed by atoms with Crippen molar-refractivity contribution in [3.05, 3.63) is 63.9 Å². The maximum atomic E-state index is 13.1. The molecule has 0 bridgehead atoms. The van der Waals surface area contributed by atoms with Gasteiger partial charge in [0.2, 0.25) is 0 Å². The Kier molecular flexibility index (Phi) is 5.63. The van der Waals surface area contributed by atoms with Gasteiger partial charge in [0, 0.05) is 24.7 Å². The van der Waals surface area contributed by atoms with Crippen molar-refractivity contribution >= 4 is 29.1 Å². The van der Waals surface area contributed by atoms with Crippen molar-refractivity contribution < 1.29 is 13.9 Å². The van der Waals surface area contributed by atoms with Crippen LogP contribution in [0.5, 0.6) is 5.75 Å². The fraction of sp³-hybridized carbons (Fsp3) is 0.188. The summed E-state index contributed by atoms with van der Waals surface area (Å²) in [5, 5.41) is 0.852. The number of benzene rings is 2. The molecule has 0 atom stereocenters. The average molecular weight is 342 g/mol. The fourth-order valence-corrected chi connectivity index (χ4v) is 2.17. The molecule has 0 aliphatic heterocycles. The zero-order valence-corrected chi connectivity index (χ0v) is 13.4. The molecule has 0 unspecified atom stereocenters. The fourth-order valence-electron chi connectivity index (χ4n) is 1.83. The first-order valence-electron chi connectivity index (χ1n) is 6.52. The van der Waals surface area contributed by atoms with Gasteiger partial charge in [-0.3, -0.25) is 4.79 Å². The number of hydrogen-bond acceptors (Lipinski definition) is 2. The van der Waals surface area contributed by atoms with Crippen molar-refractivity contribution in [3.8, 4) is 5.75 Å². The first-order chi connectivity index (χ1) is 10.5. The number of halogens is 3. The lowest BCUT2D eigenvalue weighted by atomic mass is 10.2. The maximum Gasteiger partial charge on any atom is 0.260 e. The van der Waals surface area contributed by atoms with E-state index in [1.807, 2.05) is 0 Å². The van der Waals surface area contributed by atoms with Crippen LogP contribution in [0.1, 0.15) is 5.56 Å². The molecule has 0 saturated heterocycles. The Balaban J connectivity index is 1.92. The summed E-state index contributed by atoms with van der Waals surface area (Å²) in [5.74, 6) is -0.234. The van der Waals surface area contributed by atoms with Crippen LogP contribution in [-0.4, -0.2) is 24.5 Å². The molecule has 0 aliphatic rings. The molecule has 0 radical (unpaired) electrons. The molecule has 116 valence electrons. The van der Waals surface area contributed by atoms with Crippen molar-refractivity contribution in [2.75, 3.05) is 13.7 Å². The highest BCUT2D eigenvalue weighted by Gasteiger charge is 2.12. The Morgan fingerprint density at radius 3 is 2.73 bits per heavy atom. The Morgan fingerprint density at radius 2 is 2.00 bits per heavy atom. The molecule has 2 rings (SSSR count). The van der Waals surface area contributed by atoms with E-state index in [4.69, 9.17) is 27.9 Å². The van der Waals surface area contributed by atoms with Gasteiger partial charge in [-0.1, -0.05) is 35.3 Å². The standard InChI is InChI=1S/C16H14Cl2FNO2/c1-20(9-11-3-2-4-13(19)7-11)16(21)10-22-15-8-12(17)5-6-14(15)18/h2-8H,9-10H2,1H3. The Labute approximate surface area is 138 Å². The monoisotopic (exact) mass is 341 g/mol. The van der Waals surface area contributed by atoms with Gasteiger partial charge in [-0.25, -0.2) is 4.39 Å². The molecule has 1 amide bonds. The summed E-state index contributed by atoms with van der Waals surface area (Å²) in [7, 11) is 1.62. The quantitative estimate of drug-likeness (QED) is 0.816. The van der Waals surface area contributed by atoms with E-state index >= 15 is 0 Å². The minimum atomic E-state index is -0.333. The van der Waals surface area contributed by atoms with Gasteiger partial charge in [0.25, 0.3) is 5.91 Å². The maximum absolute atomic E-state index is 13.1. The van der Waals surface area contributed by atoms with Gasteiger partial charge in [-0.15, -0.1) is 0 Å². The van der Waals surface area contributed by atoms with Crippen molar-refractivity contribution in [3.63, 3.8) is 0 Å². The van der Waals surface area contributed by atoms with E-state index in [1.165, 1.54) is 17.0 Å². The number of carbonyl (C=O) groups is 1. The predicted molar refractivity (Wildman–Crippen MR) is 84.8 cm³/mol. The molecular weight excluding hydrogens is 328 g/mol. The number of ether oxygens (including phenoxy) is 1. The third-order valence-corrected chi connectivity index (χ3v) is 3.53. The highest BCUT2D eigenvalue weighted by molar-refractivity contribution is 6.34. The second kappa shape index (κ2) is 7.47. The number of hydrogen-bond donors (Lipinski definition) is 0. The molecular formula is C16H14Cl2FNO2. The van der Waals surface area contributed by atoms with Crippen molar-refractivity contribution in [1.29, 1.82) is 0 Å². The van der Waals surface area contributed by atoms with E-state index in [1.54, 1.807) is 37.4 Å². The smallest absolute Gasteiger partial charge is 0.260 e. The number of likely N-dealkylation sites (N-methyl/N-ethyl adjacent to an activating group) is 1. The highest BCUT2D eigenvalue weighted by Crippen LogP contribution is 2.27. The molecule has 0 spiro atoms. The van der Waals surface area contributed by atoms with Gasteiger partial charge in [0.15, 0.2) is 6.61 Å². The first-order valence-corrected chi connectivity index (χ1v) is 7.27. The minimum Gasteiger partial charge on any atom is -0.482 e. The van der Waals surface area contributed by atoms with Crippen LogP contribution in [-0.2, 0) is 11.3 Å². The van der Waals surface area contributed by atoms with Gasteiger partial charge in [0.05, 0.1) is 5.02 Å². The van der Waals surface area contributed by atoms with Crippen LogP contribution in [0.4, 0.5) is 4.39 Å². The summed E-state index contributed by atoms with van der Waals surface area (Å²) in [4.78, 5) is 13.5. The van der Waals surface area contributed by atoms with E-state index in [9.17, 15) is 9.18 Å². The summed E-state index contributed by atoms with van der Waals surface area (Å²) in [5.41, 5.74) is 0.705. The lowest BCUT2D eigenvalue weighted by Gasteiger charge is -2.18. The zero-order chi connectivity index (χ0) is 16.1. The molecule has 0 aromatic heterocycles. The second-order valence-electron chi connectivity index (χ2n) is 4.74. The molecule has 0 heterocycles. The molecule has 0 N–H and O–H groups in total. The normalized spacial score (nSPS) is 10.4. The Hall–Kier alpha value is -1.78. The van der Waals surface area contributed by atoms with E-state index in [0.717, 1.165) is 0 Å². The van der Waals surface area contributed by atoms with Crippen molar-refractivity contribution in [2.45, 2.75) is 6.54 Å². The predicted octanol–water partition coefficient (Wildman–Crippen LogP) is 4.17. The van der Waals surface area contributed by atoms with Crippen LogP contribution in [0.3, 0.4) is 0 Å². The summed E-state index contributed by atoms with van der Waals surface area (Å²) < 4.78 is 18.5. The molecule has 22 heavy (non-hydrogen) atoms. The zero-order valence-electron chi connectivity index (χ0n) is 11.9. The number of carbonyl (C=O) groups excluding carboxylic acids is 1. The van der Waals surface area contributed by atoms with Crippen LogP contribution in [0.25, 0.3) is 0 Å². The van der Waals surface area contributed by atoms with Gasteiger partial charge < -0.3 is 9.64 Å². The Bertz CT molecular complexity index is 679. The van der Waals surface area contributed by atoms with Crippen molar-refractivity contribution in [1.82, 2.24) is 4.90 Å². The van der Waals surface area contributed by atoms with Crippen LogP contribution in [0, 0.1) is 5.82 Å². The summed E-state index contributed by atoms with van der Waals surface area (Å²) in [6.07, 6.45) is 0. The third-order valence-electron chi connectivity index (χ3n) is 2.98. The lowest BCUT2D eigenvalue weighted by molar-refractivity contribution is -0.132. The van der Waals surface area contributed by atoms with Crippen LogP contribution in [0.15, 0.2) is 42.5 Å². The molecule has 0 aliphatic carbocycles. The van der Waals surface area contributed by atoms with E-state index in [0.29, 0.717) is 27.9 Å². The van der Waals surface area contributed by atoms with Gasteiger partial charge in [0.1, 0.15) is 11.6 Å². The highest BCUT2D eigenvalue weighted by atomic mass is 35.5. The van der Waals surface area contributed by atoms with Crippen molar-refractivity contribution in [2.24, 2.45) is 0 Å². The summed E-state index contributed by atoms with van der Waals surface area (Å²) >= 11 is 11.8. The molecule has 2 aromatic rings. The topological polar surface area (TPSA) is 29.5 Å². The largest absolute Gasteiger partial charge is 0.482 e. The second-order valence-corrected chi connectivity index (χ2v) is 5.59. The molecule has 0 fully saturated rings. The molecule has 0 saturated carbocycles. The number of rotatable bonds is 5. The molecule has 3 nitrogen and oxygen atoms in total. The average Bonchev–Trinajstić information content (AvgIpc) is 2.47. The molecule has 2 aromatic carbocycles. The van der Waals surface area contributed by atoms with Crippen LogP contribution in [0.2, 0.25) is 10.0 Å². The van der Waals surface area contributed by atoms with Crippen LogP contribution >= 0.6 is 23.2 Å². The van der Waals surface area contributed by atoms with E-state index in [-0.39, 0.29) is 18.3 Å². The van der Waals surface area contributed by atoms with E-state index < -0.39 is 0 Å².